The molecule has 2 N–H and O–H groups in total. The summed E-state index contributed by atoms with van der Waals surface area (Å²) in [6.45, 7) is 4.56. The van der Waals surface area contributed by atoms with E-state index in [1.807, 2.05) is 19.9 Å². The molecule has 0 bridgehead atoms. The van der Waals surface area contributed by atoms with E-state index in [0.717, 1.165) is 22.4 Å². The smallest absolute Gasteiger partial charge is 0.251 e. The van der Waals surface area contributed by atoms with E-state index in [0.29, 0.717) is 18.6 Å². The molecule has 3 rings (SSSR count). The van der Waals surface area contributed by atoms with Crippen LogP contribution in [0.15, 0.2) is 42.5 Å². The summed E-state index contributed by atoms with van der Waals surface area (Å²) in [5, 5.41) is 5.66. The molecule has 5 heteroatoms. The Hall–Kier alpha value is -2.82. The van der Waals surface area contributed by atoms with E-state index in [-0.39, 0.29) is 24.4 Å². The molecule has 1 heterocycles. The number of carbonyl (C=O) groups is 2. The molecule has 5 nitrogen and oxygen atoms in total. The van der Waals surface area contributed by atoms with Gasteiger partial charge in [-0.25, -0.2) is 0 Å². The second-order valence-corrected chi connectivity index (χ2v) is 6.31. The van der Waals surface area contributed by atoms with E-state index in [1.54, 1.807) is 24.3 Å². The van der Waals surface area contributed by atoms with Crippen LogP contribution in [0.1, 0.15) is 39.5 Å². The molecule has 2 aromatic carbocycles. The van der Waals surface area contributed by atoms with Gasteiger partial charge in [0.15, 0.2) is 0 Å². The van der Waals surface area contributed by atoms with Crippen molar-refractivity contribution in [2.45, 2.75) is 26.3 Å². The minimum Gasteiger partial charge on any atom is -0.493 e. The third kappa shape index (κ3) is 3.99. The number of hydrogen-bond donors (Lipinski definition) is 2. The molecule has 0 fully saturated rings. The van der Waals surface area contributed by atoms with Gasteiger partial charge in [0.1, 0.15) is 5.75 Å². The topological polar surface area (TPSA) is 67.4 Å². The van der Waals surface area contributed by atoms with Crippen molar-refractivity contribution in [3.8, 4) is 5.75 Å². The average Bonchev–Trinajstić information content (AvgIpc) is 2.61. The molecular weight excluding hydrogens is 316 g/mol. The largest absolute Gasteiger partial charge is 0.493 e. The van der Waals surface area contributed by atoms with Crippen LogP contribution in [0.5, 0.6) is 5.75 Å². The minimum absolute atomic E-state index is 0.0504. The van der Waals surface area contributed by atoms with Gasteiger partial charge in [0.2, 0.25) is 5.91 Å². The second kappa shape index (κ2) is 7.38. The van der Waals surface area contributed by atoms with Gasteiger partial charge in [-0.2, -0.15) is 0 Å². The van der Waals surface area contributed by atoms with Gasteiger partial charge in [-0.15, -0.1) is 0 Å². The zero-order valence-electron chi connectivity index (χ0n) is 14.5. The van der Waals surface area contributed by atoms with E-state index in [9.17, 15) is 9.59 Å². The van der Waals surface area contributed by atoms with Crippen LogP contribution in [-0.2, 0) is 4.79 Å². The van der Waals surface area contributed by atoms with Crippen molar-refractivity contribution in [1.29, 1.82) is 0 Å². The molecule has 130 valence electrons. The summed E-state index contributed by atoms with van der Waals surface area (Å²) in [4.78, 5) is 24.3. The van der Waals surface area contributed by atoms with Crippen molar-refractivity contribution in [2.75, 3.05) is 13.2 Å². The fourth-order valence-electron chi connectivity index (χ4n) is 3.12. The molecule has 0 spiro atoms. The number of hydrogen-bond acceptors (Lipinski definition) is 3. The third-order valence-corrected chi connectivity index (χ3v) is 4.26. The summed E-state index contributed by atoms with van der Waals surface area (Å²) in [7, 11) is 0. The predicted molar refractivity (Wildman–Crippen MR) is 95.7 cm³/mol. The van der Waals surface area contributed by atoms with Crippen LogP contribution < -0.4 is 15.4 Å². The quantitative estimate of drug-likeness (QED) is 0.901. The predicted octanol–water partition coefficient (Wildman–Crippen LogP) is 2.67. The van der Waals surface area contributed by atoms with Gasteiger partial charge in [-0.1, -0.05) is 35.9 Å². The van der Waals surface area contributed by atoms with Crippen LogP contribution >= 0.6 is 0 Å². The lowest BCUT2D eigenvalue weighted by Gasteiger charge is -2.28. The van der Waals surface area contributed by atoms with Gasteiger partial charge < -0.3 is 15.4 Å². The number of amides is 2. The highest BCUT2D eigenvalue weighted by Crippen LogP contribution is 2.35. The maximum Gasteiger partial charge on any atom is 0.251 e. The number of fused-ring (bicyclic) bond motifs is 1. The van der Waals surface area contributed by atoms with E-state index >= 15 is 0 Å². The summed E-state index contributed by atoms with van der Waals surface area (Å²) >= 11 is 0. The first-order valence-electron chi connectivity index (χ1n) is 8.41. The highest BCUT2D eigenvalue weighted by atomic mass is 16.5. The van der Waals surface area contributed by atoms with Crippen LogP contribution in [0.3, 0.4) is 0 Å². The summed E-state index contributed by atoms with van der Waals surface area (Å²) < 4.78 is 5.76. The first-order chi connectivity index (χ1) is 12.0. The lowest BCUT2D eigenvalue weighted by Crippen LogP contribution is -2.40. The monoisotopic (exact) mass is 338 g/mol. The van der Waals surface area contributed by atoms with Crippen LogP contribution in [0.4, 0.5) is 0 Å². The summed E-state index contributed by atoms with van der Waals surface area (Å²) in [6.07, 6.45) is 0.717. The Morgan fingerprint density at radius 1 is 1.16 bits per heavy atom. The normalized spacial score (nSPS) is 15.7. The maximum absolute atomic E-state index is 12.3. The van der Waals surface area contributed by atoms with Gasteiger partial charge in [0, 0.05) is 17.5 Å². The van der Waals surface area contributed by atoms with Crippen molar-refractivity contribution in [2.24, 2.45) is 0 Å². The Morgan fingerprint density at radius 3 is 2.68 bits per heavy atom. The zero-order chi connectivity index (χ0) is 17.8. The molecule has 0 aromatic heterocycles. The van der Waals surface area contributed by atoms with E-state index in [4.69, 9.17) is 4.74 Å². The van der Waals surface area contributed by atoms with E-state index < -0.39 is 0 Å². The van der Waals surface area contributed by atoms with Crippen LogP contribution in [-0.4, -0.2) is 25.0 Å². The maximum atomic E-state index is 12.3. The fraction of sp³-hybridized carbons (Fsp3) is 0.300. The molecule has 0 aliphatic carbocycles. The molecule has 0 radical (unpaired) electrons. The molecule has 0 saturated carbocycles. The average molecular weight is 338 g/mol. The van der Waals surface area contributed by atoms with Gasteiger partial charge >= 0.3 is 0 Å². The number of carbonyl (C=O) groups excluding carboxylic acids is 2. The lowest BCUT2D eigenvalue weighted by atomic mass is 9.95. The number of ether oxygens (including phenoxy) is 1. The number of rotatable bonds is 4. The van der Waals surface area contributed by atoms with Crippen molar-refractivity contribution >= 4 is 11.8 Å². The molecule has 0 saturated heterocycles. The molecular formula is C20H22N2O3. The molecule has 1 atom stereocenters. The van der Waals surface area contributed by atoms with Gasteiger partial charge in [0.05, 0.1) is 19.2 Å². The minimum atomic E-state index is -0.255. The van der Waals surface area contributed by atoms with Gasteiger partial charge in [-0.3, -0.25) is 9.59 Å². The third-order valence-electron chi connectivity index (χ3n) is 4.26. The second-order valence-electron chi connectivity index (χ2n) is 6.31. The zero-order valence-corrected chi connectivity index (χ0v) is 14.5. The first kappa shape index (κ1) is 17.0. The summed E-state index contributed by atoms with van der Waals surface area (Å²) in [5.41, 5.74) is 3.76. The Morgan fingerprint density at radius 2 is 1.92 bits per heavy atom. The molecule has 1 unspecified atom stereocenters. The molecule has 2 amide bonds. The van der Waals surface area contributed by atoms with Crippen molar-refractivity contribution in [3.63, 3.8) is 0 Å². The van der Waals surface area contributed by atoms with E-state index in [2.05, 4.69) is 22.8 Å². The van der Waals surface area contributed by atoms with Crippen LogP contribution in [0, 0.1) is 13.8 Å². The first-order valence-corrected chi connectivity index (χ1v) is 8.41. The molecule has 2 aromatic rings. The number of nitrogens with one attached hydrogen (secondary N) is 2. The Kier molecular flexibility index (Phi) is 5.03. The Bertz CT molecular complexity index is 787. The van der Waals surface area contributed by atoms with Crippen molar-refractivity contribution in [1.82, 2.24) is 10.6 Å². The highest BCUT2D eigenvalue weighted by molar-refractivity contribution is 5.96. The lowest BCUT2D eigenvalue weighted by molar-refractivity contribution is -0.121. The van der Waals surface area contributed by atoms with Crippen molar-refractivity contribution < 1.29 is 14.3 Å². The van der Waals surface area contributed by atoms with Crippen LogP contribution in [0.25, 0.3) is 0 Å². The standard InChI is InChI=1S/C20H22N2O3/c1-13-10-14(2)19-16(11-13)17(8-9-25-19)22-18(23)12-21-20(24)15-6-4-3-5-7-15/h3-7,10-11,17H,8-9,12H2,1-2H3,(H,21,24)(H,22,23). The Balaban J connectivity index is 1.62. The van der Waals surface area contributed by atoms with Gasteiger partial charge in [-0.05, 0) is 31.5 Å². The van der Waals surface area contributed by atoms with Gasteiger partial charge in [0.25, 0.3) is 5.91 Å². The molecule has 25 heavy (non-hydrogen) atoms. The summed E-state index contributed by atoms with van der Waals surface area (Å²) in [5.74, 6) is 0.395. The van der Waals surface area contributed by atoms with Crippen molar-refractivity contribution in [3.05, 3.63) is 64.7 Å². The number of benzene rings is 2. The Labute approximate surface area is 147 Å². The van der Waals surface area contributed by atoms with E-state index in [1.165, 1.54) is 0 Å². The number of aryl methyl sites for hydroxylation is 2. The fourth-order valence-corrected chi connectivity index (χ4v) is 3.12. The van der Waals surface area contributed by atoms with Crippen LogP contribution in [0.2, 0.25) is 0 Å². The molecule has 1 aliphatic heterocycles. The SMILES string of the molecule is Cc1cc(C)c2c(c1)C(NC(=O)CNC(=O)c1ccccc1)CCO2. The highest BCUT2D eigenvalue weighted by Gasteiger charge is 2.24. The summed E-state index contributed by atoms with van der Waals surface area (Å²) in [6, 6.07) is 12.9. The molecule has 1 aliphatic rings.